The lowest BCUT2D eigenvalue weighted by Crippen LogP contribution is -2.49. The second-order valence-corrected chi connectivity index (χ2v) is 11.3. The second-order valence-electron chi connectivity index (χ2n) is 9.41. The van der Waals surface area contributed by atoms with Gasteiger partial charge in [0.15, 0.2) is 0 Å². The van der Waals surface area contributed by atoms with Gasteiger partial charge in [0.25, 0.3) is 17.7 Å². The molecule has 1 atom stereocenters. The molecule has 11 heteroatoms. The van der Waals surface area contributed by atoms with E-state index in [0.29, 0.717) is 47.7 Å². The molecule has 0 bridgehead atoms. The number of carbonyl (C=O) groups is 2. The Morgan fingerprint density at radius 2 is 1.89 bits per heavy atom. The summed E-state index contributed by atoms with van der Waals surface area (Å²) in [5.41, 5.74) is 8.82. The fourth-order valence-electron chi connectivity index (χ4n) is 4.67. The lowest BCUT2D eigenvalue weighted by atomic mass is 10.0. The lowest BCUT2D eigenvalue weighted by Gasteiger charge is -2.35. The number of carbonyl (C=O) groups excluding carboxylic acids is 2. The van der Waals surface area contributed by atoms with Crippen LogP contribution in [0.4, 0.5) is 8.78 Å². The van der Waals surface area contributed by atoms with Crippen LogP contribution >= 0.6 is 31.9 Å². The number of hydrogen-bond acceptors (Lipinski definition) is 5. The number of likely N-dealkylation sites (tertiary alicyclic amines) is 2. The first-order chi connectivity index (χ1) is 17.0. The molecule has 0 unspecified atom stereocenters. The topological polar surface area (TPSA) is 91.6 Å². The van der Waals surface area contributed by atoms with Crippen molar-refractivity contribution < 1.29 is 18.4 Å². The van der Waals surface area contributed by atoms with Gasteiger partial charge in [-0.05, 0) is 58.7 Å². The number of rotatable bonds is 4. The van der Waals surface area contributed by atoms with Crippen molar-refractivity contribution in [2.75, 3.05) is 26.2 Å². The molecule has 1 aliphatic carbocycles. The minimum absolute atomic E-state index is 0.0105. The molecule has 2 fully saturated rings. The first-order valence-electron chi connectivity index (χ1n) is 12.0. The van der Waals surface area contributed by atoms with Crippen molar-refractivity contribution in [1.82, 2.24) is 20.1 Å². The second kappa shape index (κ2) is 11.0. The van der Waals surface area contributed by atoms with Crippen LogP contribution < -0.4 is 11.1 Å². The summed E-state index contributed by atoms with van der Waals surface area (Å²) in [5.74, 6) is -3.17. The average molecular weight is 629 g/mol. The van der Waals surface area contributed by atoms with Crippen molar-refractivity contribution in [2.45, 2.75) is 51.0 Å². The molecule has 1 aromatic heterocycles. The van der Waals surface area contributed by atoms with Gasteiger partial charge in [0.1, 0.15) is 0 Å². The van der Waals surface area contributed by atoms with Crippen LogP contribution in [0.1, 0.15) is 48.2 Å². The molecule has 0 spiro atoms. The summed E-state index contributed by atoms with van der Waals surface area (Å²) >= 11 is 6.87. The van der Waals surface area contributed by atoms with Gasteiger partial charge in [0.05, 0.1) is 28.2 Å². The van der Waals surface area contributed by atoms with Gasteiger partial charge in [-0.15, -0.1) is 0 Å². The number of nitrogens with zero attached hydrogens (tertiary/aromatic N) is 3. The van der Waals surface area contributed by atoms with Crippen LogP contribution in [0.15, 0.2) is 50.3 Å². The number of amides is 2. The smallest absolute Gasteiger partial charge is 0.256 e. The fourth-order valence-corrected chi connectivity index (χ4v) is 5.39. The third-order valence-electron chi connectivity index (χ3n) is 6.73. The van der Waals surface area contributed by atoms with E-state index in [1.807, 2.05) is 6.08 Å². The Balaban J connectivity index is 1.56. The van der Waals surface area contributed by atoms with E-state index in [1.54, 1.807) is 30.2 Å². The summed E-state index contributed by atoms with van der Waals surface area (Å²) in [6, 6.07) is 1.64. The van der Waals surface area contributed by atoms with Gasteiger partial charge < -0.3 is 20.9 Å². The molecule has 3 heterocycles. The third kappa shape index (κ3) is 6.16. The molecular weight excluding hydrogens is 600 g/mol. The highest BCUT2D eigenvalue weighted by Gasteiger charge is 2.37. The molecule has 36 heavy (non-hydrogen) atoms. The Morgan fingerprint density at radius 1 is 1.17 bits per heavy atom. The van der Waals surface area contributed by atoms with E-state index >= 15 is 0 Å². The molecule has 0 saturated carbocycles. The van der Waals surface area contributed by atoms with Gasteiger partial charge in [-0.3, -0.25) is 14.6 Å². The van der Waals surface area contributed by atoms with Crippen molar-refractivity contribution in [3.8, 4) is 0 Å². The molecule has 194 valence electrons. The number of halogens is 4. The monoisotopic (exact) mass is 627 g/mol. The number of piperidine rings is 2. The predicted molar refractivity (Wildman–Crippen MR) is 140 cm³/mol. The lowest BCUT2D eigenvalue weighted by molar-refractivity contribution is -0.132. The van der Waals surface area contributed by atoms with E-state index < -0.39 is 5.92 Å². The molecule has 3 N–H and O–H groups in total. The van der Waals surface area contributed by atoms with Crippen LogP contribution in [0.3, 0.4) is 0 Å². The highest BCUT2D eigenvalue weighted by Crippen LogP contribution is 2.31. The maximum atomic E-state index is 13.7. The Hall–Kier alpha value is -2.27. The molecule has 4 rings (SSSR count). The van der Waals surface area contributed by atoms with E-state index in [0.717, 1.165) is 21.8 Å². The molecule has 2 saturated heterocycles. The minimum atomic E-state index is -2.74. The molecule has 2 amide bonds. The zero-order chi connectivity index (χ0) is 26.0. The highest BCUT2D eigenvalue weighted by molar-refractivity contribution is 9.11. The normalized spacial score (nSPS) is 22.5. The van der Waals surface area contributed by atoms with Crippen molar-refractivity contribution in [3.63, 3.8) is 0 Å². The molecule has 1 aromatic rings. The van der Waals surface area contributed by atoms with Crippen molar-refractivity contribution >= 4 is 43.7 Å². The Kier molecular flexibility index (Phi) is 8.18. The summed E-state index contributed by atoms with van der Waals surface area (Å²) in [4.78, 5) is 34.2. The Bertz CT molecular complexity index is 1140. The number of hydrogen-bond donors (Lipinski definition) is 2. The maximum absolute atomic E-state index is 13.7. The van der Waals surface area contributed by atoms with Crippen LogP contribution in [-0.4, -0.2) is 64.7 Å². The first kappa shape index (κ1) is 26.8. The molecule has 2 aliphatic heterocycles. The van der Waals surface area contributed by atoms with Crippen LogP contribution in [0, 0.1) is 6.92 Å². The fraction of sp³-hybridized carbons (Fsp3) is 0.480. The first-order valence-corrected chi connectivity index (χ1v) is 13.5. The van der Waals surface area contributed by atoms with Gasteiger partial charge in [-0.25, -0.2) is 8.78 Å². The largest absolute Gasteiger partial charge is 0.397 e. The maximum Gasteiger partial charge on any atom is 0.256 e. The summed E-state index contributed by atoms with van der Waals surface area (Å²) in [7, 11) is 0. The Labute approximate surface area is 226 Å². The summed E-state index contributed by atoms with van der Waals surface area (Å²) in [6.07, 6.45) is 6.57. The third-order valence-corrected chi connectivity index (χ3v) is 7.72. The van der Waals surface area contributed by atoms with Crippen LogP contribution in [0.5, 0.6) is 0 Å². The summed E-state index contributed by atoms with van der Waals surface area (Å²) in [5, 5.41) is 3.42. The quantitative estimate of drug-likeness (QED) is 0.516. The van der Waals surface area contributed by atoms with E-state index in [-0.39, 0.29) is 43.8 Å². The SMILES string of the molecule is Cc1ncc(Br)cc1C(=O)N1CCC[C@@H](NC2=C(C(=O)N3CCC(F)(F)CC3)C=C(Br)CC=C2N)C1. The molecule has 3 aliphatic rings. The number of alkyl halides is 2. The number of nitrogens with two attached hydrogens (primary N) is 1. The summed E-state index contributed by atoms with van der Waals surface area (Å²) in [6.45, 7) is 2.84. The minimum Gasteiger partial charge on any atom is -0.397 e. The van der Waals surface area contributed by atoms with Gasteiger partial charge in [-0.1, -0.05) is 22.0 Å². The zero-order valence-corrected chi connectivity index (χ0v) is 23.2. The van der Waals surface area contributed by atoms with Crippen molar-refractivity contribution in [3.05, 3.63) is 61.6 Å². The Morgan fingerprint density at radius 3 is 2.61 bits per heavy atom. The average Bonchev–Trinajstić information content (AvgIpc) is 2.98. The van der Waals surface area contributed by atoms with E-state index in [2.05, 4.69) is 42.2 Å². The molecule has 0 aromatic carbocycles. The van der Waals surface area contributed by atoms with E-state index in [9.17, 15) is 18.4 Å². The number of pyridine rings is 1. The van der Waals surface area contributed by atoms with E-state index in [1.165, 1.54) is 4.90 Å². The zero-order valence-electron chi connectivity index (χ0n) is 20.0. The molecule has 0 radical (unpaired) electrons. The van der Waals surface area contributed by atoms with Crippen LogP contribution in [0.25, 0.3) is 0 Å². The number of aromatic nitrogens is 1. The standard InChI is InChI=1S/C25H29Br2F2N5O2/c1-15-19(12-17(27)13-31-15)23(35)34-8-2-3-18(14-34)32-22-20(11-16(26)4-5-21(22)30)24(36)33-9-6-25(28,29)7-10-33/h5,11-13,18,32H,2-4,6-10,14,30H2,1H3/t18-/m1/s1. The van der Waals surface area contributed by atoms with Gasteiger partial charge in [0.2, 0.25) is 0 Å². The van der Waals surface area contributed by atoms with E-state index in [4.69, 9.17) is 5.73 Å². The number of allylic oxidation sites excluding steroid dienone is 2. The van der Waals surface area contributed by atoms with Gasteiger partial charge in [-0.2, -0.15) is 0 Å². The number of nitrogens with one attached hydrogen (secondary N) is 1. The molecular formula is C25H29Br2F2N5O2. The van der Waals surface area contributed by atoms with Crippen molar-refractivity contribution in [1.29, 1.82) is 0 Å². The summed E-state index contributed by atoms with van der Waals surface area (Å²) < 4.78 is 28.9. The van der Waals surface area contributed by atoms with Gasteiger partial charge >= 0.3 is 0 Å². The highest BCUT2D eigenvalue weighted by atomic mass is 79.9. The van der Waals surface area contributed by atoms with Crippen molar-refractivity contribution in [2.24, 2.45) is 5.73 Å². The molecule has 7 nitrogen and oxygen atoms in total. The number of aryl methyl sites for hydroxylation is 1. The predicted octanol–water partition coefficient (Wildman–Crippen LogP) is 4.38. The van der Waals surface area contributed by atoms with Crippen LogP contribution in [0.2, 0.25) is 0 Å². The van der Waals surface area contributed by atoms with Gasteiger partial charge in [0, 0.05) is 55.7 Å². The van der Waals surface area contributed by atoms with Crippen LogP contribution in [-0.2, 0) is 4.79 Å².